The number of carboxylic acids is 1. The molecule has 3 aromatic rings. The summed E-state index contributed by atoms with van der Waals surface area (Å²) in [6.07, 6.45) is 0. The Balaban J connectivity index is 1.45. The van der Waals surface area contributed by atoms with E-state index in [9.17, 15) is 19.5 Å². The standard InChI is InChI=1S/C31H30N4O5/c1-30(2)22-16-15-21(17-23(22)31(3,4)35(30)40-5)33-27(36)24-25(18-11-13-19(14-12-18)29(38)39)32-34(26(24)28(33)37)20-9-7-6-8-10-20/h6-17,24,26H,1-5H3,(H,38,39). The minimum absolute atomic E-state index is 0.128. The first kappa shape index (κ1) is 25.9. The molecule has 1 N–H and O–H groups in total. The van der Waals surface area contributed by atoms with Crippen LogP contribution in [0.4, 0.5) is 11.4 Å². The van der Waals surface area contributed by atoms with Crippen LogP contribution in [0.15, 0.2) is 77.9 Å². The van der Waals surface area contributed by atoms with Gasteiger partial charge < -0.3 is 9.94 Å². The van der Waals surface area contributed by atoms with Crippen molar-refractivity contribution in [3.63, 3.8) is 0 Å². The topological polar surface area (TPSA) is 103 Å². The summed E-state index contributed by atoms with van der Waals surface area (Å²) in [4.78, 5) is 46.6. The molecule has 1 saturated heterocycles. The van der Waals surface area contributed by atoms with E-state index in [1.54, 1.807) is 24.3 Å². The van der Waals surface area contributed by atoms with Crippen molar-refractivity contribution in [3.8, 4) is 0 Å². The predicted octanol–water partition coefficient (Wildman–Crippen LogP) is 4.51. The van der Waals surface area contributed by atoms with Gasteiger partial charge >= 0.3 is 5.97 Å². The lowest BCUT2D eigenvalue weighted by atomic mass is 9.90. The number of carbonyl (C=O) groups excluding carboxylic acids is 2. The largest absolute Gasteiger partial charge is 0.478 e. The summed E-state index contributed by atoms with van der Waals surface area (Å²) in [5.74, 6) is -2.63. The van der Waals surface area contributed by atoms with Crippen LogP contribution in [0.5, 0.6) is 0 Å². The molecule has 0 radical (unpaired) electrons. The van der Waals surface area contributed by atoms with Crippen molar-refractivity contribution in [3.05, 3.63) is 95.1 Å². The molecule has 9 nitrogen and oxygen atoms in total. The molecule has 3 heterocycles. The van der Waals surface area contributed by atoms with Gasteiger partial charge in [-0.1, -0.05) is 36.4 Å². The average Bonchev–Trinajstić information content (AvgIpc) is 3.49. The molecule has 3 aromatic carbocycles. The van der Waals surface area contributed by atoms with Gasteiger partial charge in [0.2, 0.25) is 5.91 Å². The zero-order valence-electron chi connectivity index (χ0n) is 23.0. The number of nitrogens with zero attached hydrogens (tertiary/aromatic N) is 4. The van der Waals surface area contributed by atoms with Gasteiger partial charge in [0.1, 0.15) is 12.0 Å². The van der Waals surface area contributed by atoms with Crippen LogP contribution in [-0.4, -0.2) is 46.8 Å². The second kappa shape index (κ2) is 8.84. The van der Waals surface area contributed by atoms with Gasteiger partial charge in [0, 0.05) is 0 Å². The number of carbonyl (C=O) groups is 3. The number of fused-ring (bicyclic) bond motifs is 2. The number of amides is 2. The number of hydroxylamine groups is 2. The quantitative estimate of drug-likeness (QED) is 0.477. The lowest BCUT2D eigenvalue weighted by molar-refractivity contribution is -0.241. The van der Waals surface area contributed by atoms with Crippen LogP contribution in [0.3, 0.4) is 0 Å². The van der Waals surface area contributed by atoms with Crippen molar-refractivity contribution >= 4 is 34.9 Å². The first-order chi connectivity index (χ1) is 19.0. The van der Waals surface area contributed by atoms with Crippen LogP contribution in [0, 0.1) is 5.92 Å². The third kappa shape index (κ3) is 3.54. The Kier molecular flexibility index (Phi) is 5.72. The van der Waals surface area contributed by atoms with Crippen LogP contribution < -0.4 is 9.91 Å². The summed E-state index contributed by atoms with van der Waals surface area (Å²) in [7, 11) is 1.65. The Bertz CT molecular complexity index is 1580. The van der Waals surface area contributed by atoms with Crippen LogP contribution >= 0.6 is 0 Å². The number of benzene rings is 3. The molecule has 0 aliphatic carbocycles. The van der Waals surface area contributed by atoms with E-state index in [4.69, 9.17) is 9.94 Å². The average molecular weight is 539 g/mol. The van der Waals surface area contributed by atoms with E-state index >= 15 is 0 Å². The van der Waals surface area contributed by atoms with E-state index in [2.05, 4.69) is 27.7 Å². The minimum atomic E-state index is -1.04. The van der Waals surface area contributed by atoms with Crippen molar-refractivity contribution < 1.29 is 24.3 Å². The molecule has 2 amide bonds. The van der Waals surface area contributed by atoms with Crippen molar-refractivity contribution in [1.82, 2.24) is 5.06 Å². The highest BCUT2D eigenvalue weighted by atomic mass is 16.7. The minimum Gasteiger partial charge on any atom is -0.478 e. The normalized spacial score (nSPS) is 22.9. The predicted molar refractivity (Wildman–Crippen MR) is 150 cm³/mol. The highest BCUT2D eigenvalue weighted by Gasteiger charge is 2.58. The summed E-state index contributed by atoms with van der Waals surface area (Å²) >= 11 is 0. The number of aromatic carboxylic acids is 1. The third-order valence-corrected chi connectivity index (χ3v) is 8.28. The molecule has 3 aliphatic rings. The molecule has 0 spiro atoms. The van der Waals surface area contributed by atoms with E-state index in [0.29, 0.717) is 22.6 Å². The molecule has 204 valence electrons. The van der Waals surface area contributed by atoms with Gasteiger partial charge in [0.05, 0.1) is 40.8 Å². The summed E-state index contributed by atoms with van der Waals surface area (Å²) < 4.78 is 0. The van der Waals surface area contributed by atoms with Gasteiger partial charge in [-0.15, -0.1) is 0 Å². The van der Waals surface area contributed by atoms with Crippen molar-refractivity contribution in [2.45, 2.75) is 44.8 Å². The highest BCUT2D eigenvalue weighted by molar-refractivity contribution is 6.34. The Labute approximate surface area is 232 Å². The summed E-state index contributed by atoms with van der Waals surface area (Å²) in [5.41, 5.74) is 3.47. The van der Waals surface area contributed by atoms with E-state index < -0.39 is 29.0 Å². The molecule has 0 bridgehead atoms. The van der Waals surface area contributed by atoms with Gasteiger partial charge in [0.25, 0.3) is 5.91 Å². The molecule has 9 heteroatoms. The van der Waals surface area contributed by atoms with Crippen molar-refractivity contribution in [2.24, 2.45) is 11.0 Å². The lowest BCUT2D eigenvalue weighted by Gasteiger charge is -2.38. The Hall–Kier alpha value is -4.34. The van der Waals surface area contributed by atoms with Gasteiger partial charge in [-0.05, 0) is 80.8 Å². The number of hydrogen-bond donors (Lipinski definition) is 1. The highest BCUT2D eigenvalue weighted by Crippen LogP contribution is 2.51. The maximum absolute atomic E-state index is 14.1. The smallest absolute Gasteiger partial charge is 0.335 e. The van der Waals surface area contributed by atoms with E-state index in [-0.39, 0.29) is 17.4 Å². The van der Waals surface area contributed by atoms with E-state index in [1.165, 1.54) is 17.0 Å². The van der Waals surface area contributed by atoms with Crippen LogP contribution in [0.1, 0.15) is 54.7 Å². The number of hydrazone groups is 1. The van der Waals surface area contributed by atoms with Crippen LogP contribution in [0.2, 0.25) is 0 Å². The molecule has 1 fully saturated rings. The van der Waals surface area contributed by atoms with Crippen molar-refractivity contribution in [2.75, 3.05) is 17.0 Å². The van der Waals surface area contributed by atoms with Gasteiger partial charge in [0.15, 0.2) is 0 Å². The zero-order chi connectivity index (χ0) is 28.6. The van der Waals surface area contributed by atoms with Crippen LogP contribution in [-0.2, 0) is 25.5 Å². The monoisotopic (exact) mass is 538 g/mol. The fraction of sp³-hybridized carbons (Fsp3) is 0.290. The third-order valence-electron chi connectivity index (χ3n) is 8.28. The number of para-hydroxylation sites is 1. The maximum Gasteiger partial charge on any atom is 0.335 e. The Morgan fingerprint density at radius 1 is 0.850 bits per heavy atom. The SMILES string of the molecule is CON1C(C)(C)c2ccc(N3C(=O)C4C(c5ccc(C(=O)O)cc5)=NN(c5ccccc5)C4C3=O)cc2C1(C)C. The first-order valence-electron chi connectivity index (χ1n) is 13.1. The lowest BCUT2D eigenvalue weighted by Crippen LogP contribution is -2.44. The van der Waals surface area contributed by atoms with Gasteiger partial charge in [-0.3, -0.25) is 14.6 Å². The summed E-state index contributed by atoms with van der Waals surface area (Å²) in [5, 5.41) is 17.6. The number of rotatable bonds is 5. The van der Waals surface area contributed by atoms with Crippen LogP contribution in [0.25, 0.3) is 0 Å². The second-order valence-electron chi connectivity index (χ2n) is 11.3. The van der Waals surface area contributed by atoms with Gasteiger partial charge in [-0.25, -0.2) is 9.69 Å². The number of imide groups is 1. The molecule has 0 aromatic heterocycles. The number of anilines is 2. The molecule has 2 atom stereocenters. The molecule has 6 rings (SSSR count). The summed E-state index contributed by atoms with van der Waals surface area (Å²) in [6, 6.07) is 20.3. The first-order valence-corrected chi connectivity index (χ1v) is 13.1. The fourth-order valence-electron chi connectivity index (χ4n) is 6.57. The van der Waals surface area contributed by atoms with E-state index in [0.717, 1.165) is 11.1 Å². The van der Waals surface area contributed by atoms with E-state index in [1.807, 2.05) is 53.6 Å². The Morgan fingerprint density at radius 2 is 1.50 bits per heavy atom. The fourth-order valence-corrected chi connectivity index (χ4v) is 6.57. The molecule has 2 unspecified atom stereocenters. The molecule has 40 heavy (non-hydrogen) atoms. The second-order valence-corrected chi connectivity index (χ2v) is 11.3. The molecule has 3 aliphatic heterocycles. The number of carboxylic acid groups (broad SMARTS) is 1. The van der Waals surface area contributed by atoms with Crippen molar-refractivity contribution in [1.29, 1.82) is 0 Å². The maximum atomic E-state index is 14.1. The molecular formula is C31H30N4O5. The molecule has 0 saturated carbocycles. The summed E-state index contributed by atoms with van der Waals surface area (Å²) in [6.45, 7) is 8.27. The Morgan fingerprint density at radius 3 is 2.12 bits per heavy atom. The van der Waals surface area contributed by atoms with Gasteiger partial charge in [-0.2, -0.15) is 10.2 Å². The molecular weight excluding hydrogens is 508 g/mol. The zero-order valence-corrected chi connectivity index (χ0v) is 23.0. The number of hydrogen-bond acceptors (Lipinski definition) is 7.